The van der Waals surface area contributed by atoms with Crippen LogP contribution in [0.5, 0.6) is 0 Å². The summed E-state index contributed by atoms with van der Waals surface area (Å²) in [6.45, 7) is 1.36. The summed E-state index contributed by atoms with van der Waals surface area (Å²) in [5.41, 5.74) is 1.02. The molecule has 85 valence electrons. The van der Waals surface area contributed by atoms with Gasteiger partial charge in [-0.2, -0.15) is 0 Å². The van der Waals surface area contributed by atoms with Crippen LogP contribution >= 0.6 is 0 Å². The van der Waals surface area contributed by atoms with Crippen LogP contribution in [-0.4, -0.2) is 35.1 Å². The molecular formula is C13H16NO2. The van der Waals surface area contributed by atoms with Crippen molar-refractivity contribution in [2.75, 3.05) is 13.1 Å². The summed E-state index contributed by atoms with van der Waals surface area (Å²) >= 11 is 0. The zero-order chi connectivity index (χ0) is 11.4. The Morgan fingerprint density at radius 1 is 1.38 bits per heavy atom. The molecule has 0 aromatic heterocycles. The minimum Gasteiger partial charge on any atom is -0.393 e. The van der Waals surface area contributed by atoms with Gasteiger partial charge in [-0.05, 0) is 24.5 Å². The third-order valence-electron chi connectivity index (χ3n) is 2.96. The fourth-order valence-corrected chi connectivity index (χ4v) is 1.94. The largest absolute Gasteiger partial charge is 0.393 e. The number of likely N-dealkylation sites (tertiary alicyclic amines) is 1. The molecule has 1 aliphatic heterocycles. The zero-order valence-corrected chi connectivity index (χ0v) is 9.22. The van der Waals surface area contributed by atoms with E-state index >= 15 is 0 Å². The molecular weight excluding hydrogens is 202 g/mol. The van der Waals surface area contributed by atoms with Gasteiger partial charge in [-0.25, -0.2) is 0 Å². The van der Waals surface area contributed by atoms with Crippen molar-refractivity contribution in [1.29, 1.82) is 0 Å². The van der Waals surface area contributed by atoms with E-state index < -0.39 is 0 Å². The highest BCUT2D eigenvalue weighted by Crippen LogP contribution is 2.11. The molecule has 1 aromatic carbocycles. The van der Waals surface area contributed by atoms with Crippen molar-refractivity contribution in [1.82, 2.24) is 4.90 Å². The standard InChI is InChI=1S/C13H16NO2/c15-12-6-8-14(9-7-12)13(16)10-11-4-2-1-3-5-11/h2-5,12,15H,6-10H2. The van der Waals surface area contributed by atoms with Gasteiger partial charge in [0.25, 0.3) is 0 Å². The minimum atomic E-state index is -0.227. The Labute approximate surface area is 95.7 Å². The third kappa shape index (κ3) is 2.83. The van der Waals surface area contributed by atoms with Gasteiger partial charge < -0.3 is 10.0 Å². The predicted octanol–water partition coefficient (Wildman–Crippen LogP) is 1.01. The molecule has 16 heavy (non-hydrogen) atoms. The number of hydrogen-bond donors (Lipinski definition) is 1. The molecule has 0 aliphatic carbocycles. The SMILES string of the molecule is O=C(Cc1cc[c]cc1)N1CCC(O)CC1. The van der Waals surface area contributed by atoms with Crippen molar-refractivity contribution >= 4 is 5.91 Å². The van der Waals surface area contributed by atoms with Crippen LogP contribution in [0.2, 0.25) is 0 Å². The first-order valence-electron chi connectivity index (χ1n) is 5.66. The Kier molecular flexibility index (Phi) is 3.57. The molecule has 0 saturated carbocycles. The molecule has 3 heteroatoms. The number of carbonyl (C=O) groups is 1. The Morgan fingerprint density at radius 2 is 2.00 bits per heavy atom. The van der Waals surface area contributed by atoms with Crippen LogP contribution in [0.1, 0.15) is 18.4 Å². The van der Waals surface area contributed by atoms with E-state index in [1.165, 1.54) is 0 Å². The molecule has 0 spiro atoms. The van der Waals surface area contributed by atoms with Crippen LogP contribution in [0, 0.1) is 6.07 Å². The van der Waals surface area contributed by atoms with Gasteiger partial charge >= 0.3 is 0 Å². The van der Waals surface area contributed by atoms with Crippen molar-refractivity contribution in [3.05, 3.63) is 35.9 Å². The number of aliphatic hydroxyl groups excluding tert-OH is 1. The smallest absolute Gasteiger partial charge is 0.226 e. The third-order valence-corrected chi connectivity index (χ3v) is 2.96. The van der Waals surface area contributed by atoms with E-state index in [9.17, 15) is 9.90 Å². The van der Waals surface area contributed by atoms with Crippen LogP contribution in [0.3, 0.4) is 0 Å². The highest BCUT2D eigenvalue weighted by Gasteiger charge is 2.20. The molecule has 1 amide bonds. The summed E-state index contributed by atoms with van der Waals surface area (Å²) in [5.74, 6) is 0.151. The number of carbonyl (C=O) groups excluding carboxylic acids is 1. The van der Waals surface area contributed by atoms with Crippen LogP contribution < -0.4 is 0 Å². The summed E-state index contributed by atoms with van der Waals surface area (Å²) < 4.78 is 0. The van der Waals surface area contributed by atoms with Gasteiger partial charge in [0.15, 0.2) is 0 Å². The fraction of sp³-hybridized carbons (Fsp3) is 0.462. The molecule has 0 bridgehead atoms. The van der Waals surface area contributed by atoms with E-state index in [4.69, 9.17) is 0 Å². The second-order valence-corrected chi connectivity index (χ2v) is 4.20. The second kappa shape index (κ2) is 5.12. The van der Waals surface area contributed by atoms with Crippen molar-refractivity contribution in [3.63, 3.8) is 0 Å². The van der Waals surface area contributed by atoms with Crippen LogP contribution in [0.4, 0.5) is 0 Å². The molecule has 0 atom stereocenters. The van der Waals surface area contributed by atoms with E-state index in [0.717, 1.165) is 5.56 Å². The number of amides is 1. The molecule has 1 radical (unpaired) electrons. The van der Waals surface area contributed by atoms with Crippen LogP contribution in [0.15, 0.2) is 24.3 Å². The Balaban J connectivity index is 1.89. The minimum absolute atomic E-state index is 0.151. The average Bonchev–Trinajstić information content (AvgIpc) is 2.31. The van der Waals surface area contributed by atoms with Crippen LogP contribution in [-0.2, 0) is 11.2 Å². The van der Waals surface area contributed by atoms with Crippen molar-refractivity contribution < 1.29 is 9.90 Å². The van der Waals surface area contributed by atoms with E-state index in [1.54, 1.807) is 0 Å². The summed E-state index contributed by atoms with van der Waals surface area (Å²) in [6, 6.07) is 10.4. The lowest BCUT2D eigenvalue weighted by Crippen LogP contribution is -2.40. The highest BCUT2D eigenvalue weighted by atomic mass is 16.3. The van der Waals surface area contributed by atoms with Crippen molar-refractivity contribution in [2.24, 2.45) is 0 Å². The van der Waals surface area contributed by atoms with Gasteiger partial charge in [0.2, 0.25) is 5.91 Å². The van der Waals surface area contributed by atoms with Gasteiger partial charge in [0, 0.05) is 13.1 Å². The molecule has 1 fully saturated rings. The zero-order valence-electron chi connectivity index (χ0n) is 9.22. The monoisotopic (exact) mass is 218 g/mol. The summed E-state index contributed by atoms with van der Waals surface area (Å²) in [5, 5.41) is 9.36. The van der Waals surface area contributed by atoms with E-state index in [2.05, 4.69) is 6.07 Å². The molecule has 1 heterocycles. The molecule has 0 unspecified atom stereocenters. The number of piperidine rings is 1. The van der Waals surface area contributed by atoms with E-state index in [0.29, 0.717) is 32.4 Å². The van der Waals surface area contributed by atoms with Gasteiger partial charge in [0.05, 0.1) is 12.5 Å². The van der Waals surface area contributed by atoms with E-state index in [1.807, 2.05) is 29.2 Å². The summed E-state index contributed by atoms with van der Waals surface area (Å²) in [4.78, 5) is 13.7. The summed E-state index contributed by atoms with van der Waals surface area (Å²) in [7, 11) is 0. The topological polar surface area (TPSA) is 40.5 Å². The maximum atomic E-state index is 11.9. The van der Waals surface area contributed by atoms with Crippen LogP contribution in [0.25, 0.3) is 0 Å². The Bertz CT molecular complexity index is 342. The molecule has 1 aliphatic rings. The normalized spacial score (nSPS) is 17.4. The maximum absolute atomic E-state index is 11.9. The molecule has 3 nitrogen and oxygen atoms in total. The number of nitrogens with zero attached hydrogens (tertiary/aromatic N) is 1. The fourth-order valence-electron chi connectivity index (χ4n) is 1.94. The molecule has 1 aromatic rings. The summed E-state index contributed by atoms with van der Waals surface area (Å²) in [6.07, 6.45) is 1.63. The predicted molar refractivity (Wildman–Crippen MR) is 60.8 cm³/mol. The first-order valence-corrected chi connectivity index (χ1v) is 5.66. The number of aliphatic hydroxyl groups is 1. The lowest BCUT2D eigenvalue weighted by Gasteiger charge is -2.29. The molecule has 1 N–H and O–H groups in total. The second-order valence-electron chi connectivity index (χ2n) is 4.20. The first-order chi connectivity index (χ1) is 7.75. The lowest BCUT2D eigenvalue weighted by molar-refractivity contribution is -0.132. The first kappa shape index (κ1) is 11.1. The van der Waals surface area contributed by atoms with Crippen molar-refractivity contribution in [3.8, 4) is 0 Å². The maximum Gasteiger partial charge on any atom is 0.226 e. The lowest BCUT2D eigenvalue weighted by atomic mass is 10.1. The van der Waals surface area contributed by atoms with E-state index in [-0.39, 0.29) is 12.0 Å². The van der Waals surface area contributed by atoms with Gasteiger partial charge in [-0.1, -0.05) is 24.3 Å². The average molecular weight is 218 g/mol. The highest BCUT2D eigenvalue weighted by molar-refractivity contribution is 5.78. The van der Waals surface area contributed by atoms with Gasteiger partial charge in [0.1, 0.15) is 0 Å². The molecule has 2 rings (SSSR count). The quantitative estimate of drug-likeness (QED) is 0.805. The molecule has 1 saturated heterocycles. The Hall–Kier alpha value is -1.35. The van der Waals surface area contributed by atoms with Gasteiger partial charge in [-0.3, -0.25) is 4.79 Å². The Morgan fingerprint density at radius 3 is 2.62 bits per heavy atom. The van der Waals surface area contributed by atoms with Crippen molar-refractivity contribution in [2.45, 2.75) is 25.4 Å². The van der Waals surface area contributed by atoms with Gasteiger partial charge in [-0.15, -0.1) is 0 Å². The number of rotatable bonds is 2. The number of hydrogen-bond acceptors (Lipinski definition) is 2. The number of benzene rings is 1.